The van der Waals surface area contributed by atoms with E-state index in [0.717, 1.165) is 45.6 Å². The Kier molecular flexibility index (Phi) is 4.81. The maximum absolute atomic E-state index is 10.2. The van der Waals surface area contributed by atoms with Crippen LogP contribution in [-0.2, 0) is 0 Å². The summed E-state index contributed by atoms with van der Waals surface area (Å²) in [4.78, 5) is 2.20. The van der Waals surface area contributed by atoms with Crippen molar-refractivity contribution in [3.8, 4) is 0 Å². The minimum Gasteiger partial charge on any atom is -0.388 e. The summed E-state index contributed by atoms with van der Waals surface area (Å²) in [7, 11) is 4.02. The fourth-order valence-corrected chi connectivity index (χ4v) is 1.93. The van der Waals surface area contributed by atoms with Crippen molar-refractivity contribution in [1.29, 1.82) is 0 Å². The summed E-state index contributed by atoms with van der Waals surface area (Å²) in [5.74, 6) is 0. The Labute approximate surface area is 86.7 Å². The first kappa shape index (κ1) is 11.9. The number of nitrogens with one attached hydrogen (secondary N) is 2. The highest BCUT2D eigenvalue weighted by Crippen LogP contribution is 2.18. The van der Waals surface area contributed by atoms with Gasteiger partial charge in [0.15, 0.2) is 0 Å². The molecule has 1 aliphatic heterocycles. The zero-order chi connectivity index (χ0) is 10.4. The Bertz CT molecular complexity index is 157. The predicted octanol–water partition coefficient (Wildman–Crippen LogP) is -0.748. The Morgan fingerprint density at radius 3 is 2.64 bits per heavy atom. The molecule has 1 saturated heterocycles. The molecule has 0 aromatic carbocycles. The van der Waals surface area contributed by atoms with Gasteiger partial charge in [0.05, 0.1) is 5.60 Å². The van der Waals surface area contributed by atoms with Gasteiger partial charge in [0.2, 0.25) is 0 Å². The number of aliphatic hydroxyl groups is 1. The van der Waals surface area contributed by atoms with Gasteiger partial charge in [-0.15, -0.1) is 0 Å². The molecule has 0 radical (unpaired) electrons. The van der Waals surface area contributed by atoms with Gasteiger partial charge < -0.3 is 20.6 Å². The second-order valence-corrected chi connectivity index (χ2v) is 4.32. The number of piperidine rings is 1. The van der Waals surface area contributed by atoms with Gasteiger partial charge in [0.1, 0.15) is 0 Å². The van der Waals surface area contributed by atoms with Gasteiger partial charge in [0.25, 0.3) is 0 Å². The van der Waals surface area contributed by atoms with E-state index < -0.39 is 5.60 Å². The molecule has 84 valence electrons. The molecule has 0 atom stereocenters. The fraction of sp³-hybridized carbons (Fsp3) is 1.00. The third-order valence-corrected chi connectivity index (χ3v) is 2.84. The average Bonchev–Trinajstić information content (AvgIpc) is 2.15. The van der Waals surface area contributed by atoms with Gasteiger partial charge in [-0.2, -0.15) is 0 Å². The number of rotatable bonds is 5. The highest BCUT2D eigenvalue weighted by atomic mass is 16.3. The quantitative estimate of drug-likeness (QED) is 0.548. The van der Waals surface area contributed by atoms with Gasteiger partial charge >= 0.3 is 0 Å². The lowest BCUT2D eigenvalue weighted by Gasteiger charge is -2.35. The summed E-state index contributed by atoms with van der Waals surface area (Å²) in [5, 5.41) is 16.6. The SMILES string of the molecule is CNCCN(C)CC1(O)CCNCC1. The van der Waals surface area contributed by atoms with Crippen molar-refractivity contribution in [1.82, 2.24) is 15.5 Å². The number of hydrogen-bond donors (Lipinski definition) is 3. The Morgan fingerprint density at radius 2 is 2.07 bits per heavy atom. The van der Waals surface area contributed by atoms with Gasteiger partial charge in [0, 0.05) is 19.6 Å². The van der Waals surface area contributed by atoms with Crippen molar-refractivity contribution in [2.45, 2.75) is 18.4 Å². The molecule has 0 saturated carbocycles. The van der Waals surface area contributed by atoms with Crippen LogP contribution in [0.5, 0.6) is 0 Å². The van der Waals surface area contributed by atoms with Crippen LogP contribution in [0.4, 0.5) is 0 Å². The topological polar surface area (TPSA) is 47.5 Å². The third kappa shape index (κ3) is 3.92. The molecule has 4 heteroatoms. The molecule has 1 heterocycles. The standard InChI is InChI=1S/C10H23N3O/c1-11-7-8-13(2)9-10(14)3-5-12-6-4-10/h11-12,14H,3-9H2,1-2H3. The first-order valence-corrected chi connectivity index (χ1v) is 5.42. The molecule has 0 aromatic heterocycles. The minimum absolute atomic E-state index is 0.465. The van der Waals surface area contributed by atoms with E-state index in [1.165, 1.54) is 0 Å². The van der Waals surface area contributed by atoms with Crippen LogP contribution < -0.4 is 10.6 Å². The van der Waals surface area contributed by atoms with Crippen LogP contribution >= 0.6 is 0 Å². The van der Waals surface area contributed by atoms with E-state index in [1.807, 2.05) is 7.05 Å². The second-order valence-electron chi connectivity index (χ2n) is 4.32. The van der Waals surface area contributed by atoms with Crippen molar-refractivity contribution < 1.29 is 5.11 Å². The summed E-state index contributed by atoms with van der Waals surface area (Å²) >= 11 is 0. The smallest absolute Gasteiger partial charge is 0.0798 e. The summed E-state index contributed by atoms with van der Waals surface area (Å²) < 4.78 is 0. The van der Waals surface area contributed by atoms with Gasteiger partial charge in [-0.1, -0.05) is 0 Å². The normalized spacial score (nSPS) is 21.4. The van der Waals surface area contributed by atoms with E-state index in [9.17, 15) is 5.11 Å². The van der Waals surface area contributed by atoms with Crippen LogP contribution in [0.15, 0.2) is 0 Å². The van der Waals surface area contributed by atoms with Crippen molar-refractivity contribution in [3.05, 3.63) is 0 Å². The van der Waals surface area contributed by atoms with E-state index in [1.54, 1.807) is 0 Å². The van der Waals surface area contributed by atoms with Gasteiger partial charge in [-0.25, -0.2) is 0 Å². The minimum atomic E-state index is -0.465. The van der Waals surface area contributed by atoms with Crippen molar-refractivity contribution in [2.75, 3.05) is 46.8 Å². The number of likely N-dealkylation sites (N-methyl/N-ethyl adjacent to an activating group) is 2. The molecule has 0 aliphatic carbocycles. The zero-order valence-corrected chi connectivity index (χ0v) is 9.34. The van der Waals surface area contributed by atoms with Crippen molar-refractivity contribution in [3.63, 3.8) is 0 Å². The molecule has 4 nitrogen and oxygen atoms in total. The Morgan fingerprint density at radius 1 is 1.43 bits per heavy atom. The molecular weight excluding hydrogens is 178 g/mol. The van der Waals surface area contributed by atoms with Crippen molar-refractivity contribution >= 4 is 0 Å². The van der Waals surface area contributed by atoms with E-state index in [2.05, 4.69) is 22.6 Å². The Balaban J connectivity index is 2.25. The lowest BCUT2D eigenvalue weighted by Crippen LogP contribution is -2.49. The average molecular weight is 201 g/mol. The van der Waals surface area contributed by atoms with Crippen LogP contribution in [-0.4, -0.2) is 62.4 Å². The molecule has 0 bridgehead atoms. The summed E-state index contributed by atoms with van der Waals surface area (Å²) in [6.07, 6.45) is 1.74. The predicted molar refractivity (Wildman–Crippen MR) is 58.5 cm³/mol. The summed E-state index contributed by atoms with van der Waals surface area (Å²) in [6, 6.07) is 0. The molecule has 0 spiro atoms. The van der Waals surface area contributed by atoms with Crippen LogP contribution in [0.3, 0.4) is 0 Å². The molecule has 14 heavy (non-hydrogen) atoms. The van der Waals surface area contributed by atoms with Gasteiger partial charge in [-0.05, 0) is 40.0 Å². The maximum atomic E-state index is 10.2. The van der Waals surface area contributed by atoms with Crippen LogP contribution in [0, 0.1) is 0 Å². The molecule has 0 unspecified atom stereocenters. The fourth-order valence-electron chi connectivity index (χ4n) is 1.93. The number of hydrogen-bond acceptors (Lipinski definition) is 4. The first-order chi connectivity index (χ1) is 6.66. The monoisotopic (exact) mass is 201 g/mol. The molecule has 1 aliphatic rings. The molecule has 1 fully saturated rings. The lowest BCUT2D eigenvalue weighted by atomic mass is 9.92. The van der Waals surface area contributed by atoms with Crippen LogP contribution in [0.25, 0.3) is 0 Å². The van der Waals surface area contributed by atoms with E-state index in [0.29, 0.717) is 0 Å². The second kappa shape index (κ2) is 5.66. The lowest BCUT2D eigenvalue weighted by molar-refractivity contribution is -0.0149. The van der Waals surface area contributed by atoms with E-state index in [-0.39, 0.29) is 0 Å². The molecule has 3 N–H and O–H groups in total. The molecule has 0 aromatic rings. The van der Waals surface area contributed by atoms with Crippen LogP contribution in [0.2, 0.25) is 0 Å². The largest absolute Gasteiger partial charge is 0.388 e. The number of nitrogens with zero attached hydrogens (tertiary/aromatic N) is 1. The van der Waals surface area contributed by atoms with E-state index in [4.69, 9.17) is 0 Å². The van der Waals surface area contributed by atoms with Crippen LogP contribution in [0.1, 0.15) is 12.8 Å². The molecule has 0 amide bonds. The third-order valence-electron chi connectivity index (χ3n) is 2.84. The zero-order valence-electron chi connectivity index (χ0n) is 9.34. The maximum Gasteiger partial charge on any atom is 0.0798 e. The van der Waals surface area contributed by atoms with Gasteiger partial charge in [-0.3, -0.25) is 0 Å². The highest BCUT2D eigenvalue weighted by Gasteiger charge is 2.29. The summed E-state index contributed by atoms with van der Waals surface area (Å²) in [6.45, 7) is 4.64. The van der Waals surface area contributed by atoms with E-state index >= 15 is 0 Å². The highest BCUT2D eigenvalue weighted by molar-refractivity contribution is 4.86. The molecule has 1 rings (SSSR count). The van der Waals surface area contributed by atoms with Crippen molar-refractivity contribution in [2.24, 2.45) is 0 Å². The molecular formula is C10H23N3O. The summed E-state index contributed by atoms with van der Waals surface area (Å²) in [5.41, 5.74) is -0.465. The first-order valence-electron chi connectivity index (χ1n) is 5.42. The Hall–Kier alpha value is -0.160.